The summed E-state index contributed by atoms with van der Waals surface area (Å²) in [7, 11) is 0. The number of imidazole rings is 1. The molecule has 0 aliphatic rings. The molecule has 9 aromatic rings. The molecule has 49 heavy (non-hydrogen) atoms. The van der Waals surface area contributed by atoms with Crippen LogP contribution in [0.2, 0.25) is 0 Å². The third kappa shape index (κ3) is 4.78. The smallest absolute Gasteiger partial charge is 0.144 e. The Balaban J connectivity index is 1.26. The fraction of sp³-hybridized carbons (Fsp3) is 0.0455. The first-order chi connectivity index (χ1) is 24.0. The van der Waals surface area contributed by atoms with E-state index in [1.807, 2.05) is 54.6 Å². The number of furan rings is 1. The number of rotatable bonds is 5. The Morgan fingerprint density at radius 1 is 0.571 bits per heavy atom. The summed E-state index contributed by atoms with van der Waals surface area (Å²) in [6.45, 7) is 4.27. The molecule has 5 aromatic carbocycles. The molecule has 4 aromatic heterocycles. The lowest BCUT2D eigenvalue weighted by atomic mass is 9.93. The van der Waals surface area contributed by atoms with Crippen molar-refractivity contribution in [2.24, 2.45) is 0 Å². The summed E-state index contributed by atoms with van der Waals surface area (Å²) in [6.07, 6.45) is 2.06. The highest BCUT2D eigenvalue weighted by Gasteiger charge is 2.21. The first-order valence-electron chi connectivity index (χ1n) is 16.4. The number of fused-ring (bicyclic) bond motifs is 4. The van der Waals surface area contributed by atoms with Gasteiger partial charge < -0.3 is 9.52 Å². The number of phenols is 1. The van der Waals surface area contributed by atoms with Crippen LogP contribution in [0.15, 0.2) is 150 Å². The summed E-state index contributed by atoms with van der Waals surface area (Å²) in [4.78, 5) is 10.3. The van der Waals surface area contributed by atoms with E-state index in [1.54, 1.807) is 6.07 Å². The minimum Gasteiger partial charge on any atom is -0.507 e. The fourth-order valence-corrected chi connectivity index (χ4v) is 7.13. The Morgan fingerprint density at radius 3 is 2.14 bits per heavy atom. The molecule has 0 unspecified atom stereocenters. The third-order valence-electron chi connectivity index (χ3n) is 9.40. The molecular formula is C44H31N3O2. The number of pyridine rings is 2. The van der Waals surface area contributed by atoms with Gasteiger partial charge in [-0.1, -0.05) is 84.9 Å². The zero-order chi connectivity index (χ0) is 33.1. The highest BCUT2D eigenvalue weighted by molar-refractivity contribution is 6.10. The highest BCUT2D eigenvalue weighted by atomic mass is 16.3. The van der Waals surface area contributed by atoms with Crippen molar-refractivity contribution in [3.05, 3.63) is 157 Å². The van der Waals surface area contributed by atoms with E-state index in [0.29, 0.717) is 11.3 Å². The summed E-state index contributed by atoms with van der Waals surface area (Å²) >= 11 is 0. The molecule has 1 N–H and O–H groups in total. The van der Waals surface area contributed by atoms with E-state index in [1.165, 1.54) is 16.7 Å². The van der Waals surface area contributed by atoms with Crippen LogP contribution in [0.4, 0.5) is 0 Å². The molecule has 0 bridgehead atoms. The van der Waals surface area contributed by atoms with Crippen molar-refractivity contribution >= 4 is 27.6 Å². The van der Waals surface area contributed by atoms with Gasteiger partial charge in [-0.15, -0.1) is 0 Å². The molecule has 4 heterocycles. The molecule has 0 saturated carbocycles. The van der Waals surface area contributed by atoms with Crippen molar-refractivity contribution in [3.8, 4) is 61.9 Å². The maximum absolute atomic E-state index is 10.9. The second-order valence-corrected chi connectivity index (χ2v) is 12.5. The van der Waals surface area contributed by atoms with E-state index < -0.39 is 0 Å². The van der Waals surface area contributed by atoms with E-state index in [0.717, 1.165) is 66.9 Å². The van der Waals surface area contributed by atoms with Crippen LogP contribution >= 0.6 is 0 Å². The number of phenolic OH excluding ortho intramolecular Hbond substituents is 1. The Bertz CT molecular complexity index is 2700. The number of hydrogen-bond donors (Lipinski definition) is 1. The van der Waals surface area contributed by atoms with Gasteiger partial charge in [0.1, 0.15) is 22.6 Å². The molecule has 0 aliphatic carbocycles. The summed E-state index contributed by atoms with van der Waals surface area (Å²) in [5.74, 6) is 0.197. The monoisotopic (exact) mass is 633 g/mol. The second-order valence-electron chi connectivity index (χ2n) is 12.5. The molecule has 234 valence electrons. The van der Waals surface area contributed by atoms with Crippen LogP contribution in [0, 0.1) is 13.8 Å². The minimum atomic E-state index is 0.197. The van der Waals surface area contributed by atoms with E-state index in [4.69, 9.17) is 14.4 Å². The minimum absolute atomic E-state index is 0.197. The second kappa shape index (κ2) is 11.4. The average Bonchev–Trinajstić information content (AvgIpc) is 3.71. The van der Waals surface area contributed by atoms with Gasteiger partial charge >= 0.3 is 0 Å². The summed E-state index contributed by atoms with van der Waals surface area (Å²) in [6, 6.07) is 46.9. The van der Waals surface area contributed by atoms with Crippen molar-refractivity contribution in [1.82, 2.24) is 14.4 Å². The van der Waals surface area contributed by atoms with Gasteiger partial charge in [-0.25, -0.2) is 9.97 Å². The van der Waals surface area contributed by atoms with Crippen LogP contribution in [0.5, 0.6) is 5.75 Å². The maximum Gasteiger partial charge on any atom is 0.144 e. The zero-order valence-electron chi connectivity index (χ0n) is 27.1. The molecule has 0 radical (unpaired) electrons. The molecular weight excluding hydrogens is 603 g/mol. The predicted octanol–water partition coefficient (Wildman–Crippen LogP) is 11.3. The van der Waals surface area contributed by atoms with Crippen LogP contribution in [0.3, 0.4) is 0 Å². The number of para-hydroxylation sites is 3. The van der Waals surface area contributed by atoms with Gasteiger partial charge in [-0.05, 0) is 90.7 Å². The van der Waals surface area contributed by atoms with Gasteiger partial charge in [0.05, 0.1) is 22.8 Å². The van der Waals surface area contributed by atoms with E-state index in [-0.39, 0.29) is 5.75 Å². The molecule has 0 spiro atoms. The van der Waals surface area contributed by atoms with E-state index in [9.17, 15) is 5.11 Å². The number of aromatic nitrogens is 3. The quantitative estimate of drug-likeness (QED) is 0.205. The Labute approximate surface area is 283 Å². The van der Waals surface area contributed by atoms with Crippen molar-refractivity contribution in [2.75, 3.05) is 0 Å². The Kier molecular flexibility index (Phi) is 6.66. The average molecular weight is 634 g/mol. The number of nitrogens with zero attached hydrogens (tertiary/aromatic N) is 3. The number of aromatic hydroxyl groups is 1. The largest absolute Gasteiger partial charge is 0.507 e. The van der Waals surface area contributed by atoms with Crippen LogP contribution in [-0.4, -0.2) is 19.5 Å². The standard InChI is InChI=1S/C44H31N3O2/c1-27-12-9-13-28(2)41(27)31-25-36(45-37(26-31)34-17-3-5-20-38(34)48)29-14-10-15-30(24-29)42-43(47-23-8-7-22-40(47)46-42)35-19-11-18-33-32-16-4-6-21-39(32)49-44(33)35/h3-26,48H,1-2H3. The number of aryl methyl sites for hydroxylation is 2. The SMILES string of the molecule is Cc1cccc(C)c1-c1cc(-c2cccc(-c3nc4ccccn4c3-c3cccc4c3oc3ccccc34)c2)nc(-c2ccccc2O)c1. The predicted molar refractivity (Wildman–Crippen MR) is 199 cm³/mol. The van der Waals surface area contributed by atoms with Gasteiger partial charge in [0.25, 0.3) is 0 Å². The molecule has 0 atom stereocenters. The highest BCUT2D eigenvalue weighted by Crippen LogP contribution is 2.41. The summed E-state index contributed by atoms with van der Waals surface area (Å²) < 4.78 is 8.65. The van der Waals surface area contributed by atoms with Gasteiger partial charge in [-0.2, -0.15) is 0 Å². The summed E-state index contributed by atoms with van der Waals surface area (Å²) in [5, 5.41) is 13.0. The maximum atomic E-state index is 10.9. The molecule has 9 rings (SSSR count). The van der Waals surface area contributed by atoms with Crippen molar-refractivity contribution < 1.29 is 9.52 Å². The van der Waals surface area contributed by atoms with E-state index in [2.05, 4.69) is 103 Å². The van der Waals surface area contributed by atoms with Crippen molar-refractivity contribution in [2.45, 2.75) is 13.8 Å². The molecule has 5 nitrogen and oxygen atoms in total. The van der Waals surface area contributed by atoms with Gasteiger partial charge in [0, 0.05) is 39.2 Å². The Morgan fingerprint density at radius 2 is 1.27 bits per heavy atom. The van der Waals surface area contributed by atoms with Crippen LogP contribution in [-0.2, 0) is 0 Å². The normalized spacial score (nSPS) is 11.6. The van der Waals surface area contributed by atoms with Gasteiger partial charge in [-0.3, -0.25) is 4.40 Å². The van der Waals surface area contributed by atoms with Gasteiger partial charge in [0.15, 0.2) is 0 Å². The van der Waals surface area contributed by atoms with Gasteiger partial charge in [0.2, 0.25) is 0 Å². The van der Waals surface area contributed by atoms with Crippen molar-refractivity contribution in [1.29, 1.82) is 0 Å². The molecule has 0 amide bonds. The number of benzene rings is 5. The van der Waals surface area contributed by atoms with Crippen LogP contribution < -0.4 is 0 Å². The molecule has 5 heteroatoms. The molecule has 0 aliphatic heterocycles. The first kappa shape index (κ1) is 28.7. The Hall–Kier alpha value is -6.46. The first-order valence-corrected chi connectivity index (χ1v) is 16.4. The number of hydrogen-bond acceptors (Lipinski definition) is 4. The van der Waals surface area contributed by atoms with Crippen molar-refractivity contribution in [3.63, 3.8) is 0 Å². The fourth-order valence-electron chi connectivity index (χ4n) is 7.13. The summed E-state index contributed by atoms with van der Waals surface area (Å²) in [5.41, 5.74) is 14.0. The zero-order valence-corrected chi connectivity index (χ0v) is 27.1. The molecule has 0 fully saturated rings. The van der Waals surface area contributed by atoms with Crippen LogP contribution in [0.1, 0.15) is 11.1 Å². The molecule has 0 saturated heterocycles. The van der Waals surface area contributed by atoms with Crippen LogP contribution in [0.25, 0.3) is 83.7 Å². The lowest BCUT2D eigenvalue weighted by Gasteiger charge is -2.15. The topological polar surface area (TPSA) is 63.6 Å². The lowest BCUT2D eigenvalue weighted by Crippen LogP contribution is -1.95. The third-order valence-corrected chi connectivity index (χ3v) is 9.40. The lowest BCUT2D eigenvalue weighted by molar-refractivity contribution is 0.477. The van der Waals surface area contributed by atoms with E-state index >= 15 is 0 Å².